The van der Waals surface area contributed by atoms with Gasteiger partial charge in [0.05, 0.1) is 0 Å². The number of nitrogens with zero attached hydrogens (tertiary/aromatic N) is 2. The predicted molar refractivity (Wildman–Crippen MR) is 74.4 cm³/mol. The molecule has 0 saturated carbocycles. The van der Waals surface area contributed by atoms with Crippen LogP contribution in [0.1, 0.15) is 44.0 Å². The molecule has 0 aromatic carbocycles. The third-order valence-electron chi connectivity index (χ3n) is 3.39. The van der Waals surface area contributed by atoms with Gasteiger partial charge in [-0.15, -0.1) is 0 Å². The van der Waals surface area contributed by atoms with Gasteiger partial charge in [0, 0.05) is 30.4 Å². The Balaban J connectivity index is 3.26. The monoisotopic (exact) mass is 235 g/mol. The van der Waals surface area contributed by atoms with Crippen LogP contribution in [0, 0.1) is 13.8 Å². The molecule has 0 aliphatic rings. The molecule has 3 nitrogen and oxygen atoms in total. The van der Waals surface area contributed by atoms with Crippen LogP contribution in [0.15, 0.2) is 6.07 Å². The summed E-state index contributed by atoms with van der Waals surface area (Å²) >= 11 is 0. The molecule has 0 fully saturated rings. The first-order chi connectivity index (χ1) is 8.04. The van der Waals surface area contributed by atoms with E-state index in [2.05, 4.69) is 38.7 Å². The minimum absolute atomic E-state index is 0.499. The van der Waals surface area contributed by atoms with E-state index in [0.717, 1.165) is 24.5 Å². The molecule has 1 aromatic heterocycles. The fourth-order valence-electron chi connectivity index (χ4n) is 2.22. The lowest BCUT2D eigenvalue weighted by Gasteiger charge is -2.31. The summed E-state index contributed by atoms with van der Waals surface area (Å²) in [4.78, 5) is 7.04. The molecule has 1 rings (SSSR count). The zero-order valence-corrected chi connectivity index (χ0v) is 11.7. The van der Waals surface area contributed by atoms with Crippen molar-refractivity contribution < 1.29 is 0 Å². The lowest BCUT2D eigenvalue weighted by atomic mass is 10.1. The number of hydrogen-bond donors (Lipinski definition) is 1. The SMILES string of the molecule is CCC(C)N(CC)c1nc(C)cc(C)c1CN. The Bertz CT molecular complexity index is 374. The van der Waals surface area contributed by atoms with Gasteiger partial charge in [-0.05, 0) is 45.7 Å². The Hall–Kier alpha value is -1.09. The molecule has 1 heterocycles. The van der Waals surface area contributed by atoms with Crippen LogP contribution in [-0.2, 0) is 6.54 Å². The largest absolute Gasteiger partial charge is 0.354 e. The van der Waals surface area contributed by atoms with Crippen molar-refractivity contribution in [1.29, 1.82) is 0 Å². The molecule has 0 bridgehead atoms. The number of hydrogen-bond acceptors (Lipinski definition) is 3. The van der Waals surface area contributed by atoms with E-state index in [1.807, 2.05) is 6.92 Å². The molecule has 0 radical (unpaired) electrons. The van der Waals surface area contributed by atoms with Gasteiger partial charge >= 0.3 is 0 Å². The van der Waals surface area contributed by atoms with Crippen molar-refractivity contribution in [3.63, 3.8) is 0 Å². The molecular weight excluding hydrogens is 210 g/mol. The Kier molecular flexibility index (Phi) is 4.94. The van der Waals surface area contributed by atoms with E-state index in [0.29, 0.717) is 12.6 Å². The van der Waals surface area contributed by atoms with Gasteiger partial charge < -0.3 is 10.6 Å². The van der Waals surface area contributed by atoms with Crippen LogP contribution in [0.2, 0.25) is 0 Å². The summed E-state index contributed by atoms with van der Waals surface area (Å²) in [6, 6.07) is 2.61. The predicted octanol–water partition coefficient (Wildman–Crippen LogP) is 2.78. The van der Waals surface area contributed by atoms with E-state index in [1.165, 1.54) is 11.1 Å². The summed E-state index contributed by atoms with van der Waals surface area (Å²) < 4.78 is 0. The van der Waals surface area contributed by atoms with Gasteiger partial charge in [-0.2, -0.15) is 0 Å². The lowest BCUT2D eigenvalue weighted by molar-refractivity contribution is 0.619. The van der Waals surface area contributed by atoms with Crippen LogP contribution in [0.3, 0.4) is 0 Å². The molecule has 0 spiro atoms. The molecule has 17 heavy (non-hydrogen) atoms. The van der Waals surface area contributed by atoms with Gasteiger partial charge in [0.1, 0.15) is 5.82 Å². The maximum atomic E-state index is 5.87. The first-order valence-corrected chi connectivity index (χ1v) is 6.48. The molecule has 2 N–H and O–H groups in total. The van der Waals surface area contributed by atoms with E-state index < -0.39 is 0 Å². The average molecular weight is 235 g/mol. The van der Waals surface area contributed by atoms with E-state index in [9.17, 15) is 0 Å². The summed E-state index contributed by atoms with van der Waals surface area (Å²) in [5.41, 5.74) is 9.36. The van der Waals surface area contributed by atoms with Gasteiger partial charge in [0.15, 0.2) is 0 Å². The molecule has 96 valence electrons. The number of aromatic nitrogens is 1. The number of nitrogens with two attached hydrogens (primary N) is 1. The van der Waals surface area contributed by atoms with Crippen molar-refractivity contribution in [3.05, 3.63) is 22.9 Å². The second-order valence-corrected chi connectivity index (χ2v) is 4.63. The van der Waals surface area contributed by atoms with Gasteiger partial charge in [-0.1, -0.05) is 6.92 Å². The second kappa shape index (κ2) is 6.01. The van der Waals surface area contributed by atoms with Crippen molar-refractivity contribution >= 4 is 5.82 Å². The van der Waals surface area contributed by atoms with Gasteiger partial charge in [0.2, 0.25) is 0 Å². The summed E-state index contributed by atoms with van der Waals surface area (Å²) in [5.74, 6) is 1.07. The van der Waals surface area contributed by atoms with Gasteiger partial charge in [-0.3, -0.25) is 0 Å². The third kappa shape index (κ3) is 2.97. The fraction of sp³-hybridized carbons (Fsp3) is 0.643. The average Bonchev–Trinajstić information content (AvgIpc) is 2.29. The minimum atomic E-state index is 0.499. The van der Waals surface area contributed by atoms with Crippen molar-refractivity contribution in [2.45, 2.75) is 53.6 Å². The molecule has 0 saturated heterocycles. The molecule has 1 unspecified atom stereocenters. The summed E-state index contributed by atoms with van der Waals surface area (Å²) in [5, 5.41) is 0. The first kappa shape index (κ1) is 14.0. The van der Waals surface area contributed by atoms with Crippen molar-refractivity contribution in [3.8, 4) is 0 Å². The second-order valence-electron chi connectivity index (χ2n) is 4.63. The van der Waals surface area contributed by atoms with Gasteiger partial charge in [-0.25, -0.2) is 4.98 Å². The smallest absolute Gasteiger partial charge is 0.133 e. The third-order valence-corrected chi connectivity index (χ3v) is 3.39. The van der Waals surface area contributed by atoms with Crippen LogP contribution < -0.4 is 10.6 Å². The standard InChI is InChI=1S/C14H25N3/c1-6-12(5)17(7-2)14-13(9-15)10(3)8-11(4)16-14/h8,12H,6-7,9,15H2,1-5H3. The Morgan fingerprint density at radius 1 is 1.35 bits per heavy atom. The highest BCUT2D eigenvalue weighted by Crippen LogP contribution is 2.24. The summed E-state index contributed by atoms with van der Waals surface area (Å²) in [6.07, 6.45) is 1.12. The number of pyridine rings is 1. The highest BCUT2D eigenvalue weighted by molar-refractivity contribution is 5.52. The molecule has 3 heteroatoms. The zero-order chi connectivity index (χ0) is 13.0. The topological polar surface area (TPSA) is 42.2 Å². The van der Waals surface area contributed by atoms with Crippen LogP contribution in [0.25, 0.3) is 0 Å². The highest BCUT2D eigenvalue weighted by atomic mass is 15.2. The molecule has 0 amide bonds. The van der Waals surface area contributed by atoms with E-state index in [1.54, 1.807) is 0 Å². The molecule has 1 atom stereocenters. The zero-order valence-electron chi connectivity index (χ0n) is 11.7. The summed E-state index contributed by atoms with van der Waals surface area (Å²) in [6.45, 7) is 12.3. The highest BCUT2D eigenvalue weighted by Gasteiger charge is 2.17. The van der Waals surface area contributed by atoms with E-state index in [-0.39, 0.29) is 0 Å². The van der Waals surface area contributed by atoms with Crippen LogP contribution in [0.5, 0.6) is 0 Å². The van der Waals surface area contributed by atoms with Gasteiger partial charge in [0.25, 0.3) is 0 Å². The molecular formula is C14H25N3. The van der Waals surface area contributed by atoms with Crippen LogP contribution in [-0.4, -0.2) is 17.6 Å². The van der Waals surface area contributed by atoms with E-state index in [4.69, 9.17) is 10.7 Å². The minimum Gasteiger partial charge on any atom is -0.354 e. The number of rotatable bonds is 5. The molecule has 0 aliphatic carbocycles. The molecule has 1 aromatic rings. The summed E-state index contributed by atoms with van der Waals surface area (Å²) in [7, 11) is 0. The number of aryl methyl sites for hydroxylation is 2. The van der Waals surface area contributed by atoms with Crippen LogP contribution >= 0.6 is 0 Å². The Morgan fingerprint density at radius 2 is 2.00 bits per heavy atom. The van der Waals surface area contributed by atoms with Crippen molar-refractivity contribution in [2.75, 3.05) is 11.4 Å². The van der Waals surface area contributed by atoms with E-state index >= 15 is 0 Å². The Labute approximate surface area is 105 Å². The van der Waals surface area contributed by atoms with Crippen molar-refractivity contribution in [2.24, 2.45) is 5.73 Å². The molecule has 0 aliphatic heterocycles. The maximum Gasteiger partial charge on any atom is 0.133 e. The first-order valence-electron chi connectivity index (χ1n) is 6.48. The normalized spacial score (nSPS) is 12.6. The lowest BCUT2D eigenvalue weighted by Crippen LogP contribution is -2.34. The Morgan fingerprint density at radius 3 is 2.47 bits per heavy atom. The van der Waals surface area contributed by atoms with Crippen LogP contribution in [0.4, 0.5) is 5.82 Å². The van der Waals surface area contributed by atoms with Crippen molar-refractivity contribution in [1.82, 2.24) is 4.98 Å². The quantitative estimate of drug-likeness (QED) is 0.853. The number of anilines is 1. The fourth-order valence-corrected chi connectivity index (χ4v) is 2.22. The maximum absolute atomic E-state index is 5.87.